The van der Waals surface area contributed by atoms with Crippen molar-refractivity contribution in [3.63, 3.8) is 0 Å². The molecule has 0 aliphatic heterocycles. The number of thiazole rings is 1. The second-order valence-electron chi connectivity index (χ2n) is 5.32. The second-order valence-corrected chi connectivity index (χ2v) is 6.38. The number of carbonyl (C=O) groups is 1. The molecule has 0 aliphatic rings. The Hall–Kier alpha value is -2.86. The predicted octanol–water partition coefficient (Wildman–Crippen LogP) is 4.39. The number of hydrogen-bond acceptors (Lipinski definition) is 5. The van der Waals surface area contributed by atoms with Crippen LogP contribution in [0.5, 0.6) is 11.5 Å². The maximum absolute atomic E-state index is 12.6. The number of benzene rings is 2. The molecule has 0 fully saturated rings. The maximum atomic E-state index is 12.6. The van der Waals surface area contributed by atoms with Gasteiger partial charge in [0, 0.05) is 16.6 Å². The summed E-state index contributed by atoms with van der Waals surface area (Å²) >= 11 is 1.61. The van der Waals surface area contributed by atoms with Crippen molar-refractivity contribution >= 4 is 22.9 Å². The summed E-state index contributed by atoms with van der Waals surface area (Å²) in [6.45, 7) is 1.98. The molecule has 0 saturated carbocycles. The van der Waals surface area contributed by atoms with E-state index < -0.39 is 0 Å². The van der Waals surface area contributed by atoms with Crippen molar-refractivity contribution in [2.24, 2.45) is 0 Å². The van der Waals surface area contributed by atoms with E-state index in [1.54, 1.807) is 29.5 Å². The average molecular weight is 354 g/mol. The number of nitrogens with one attached hydrogen (secondary N) is 1. The number of aromatic nitrogens is 1. The van der Waals surface area contributed by atoms with Gasteiger partial charge in [0.05, 0.1) is 24.9 Å². The van der Waals surface area contributed by atoms with Crippen molar-refractivity contribution in [2.45, 2.75) is 6.92 Å². The summed E-state index contributed by atoms with van der Waals surface area (Å²) in [7, 11) is 3.05. The molecule has 0 atom stereocenters. The smallest absolute Gasteiger partial charge is 0.263 e. The van der Waals surface area contributed by atoms with Gasteiger partial charge in [0.1, 0.15) is 17.1 Å². The second kappa shape index (κ2) is 7.36. The van der Waals surface area contributed by atoms with Crippen LogP contribution in [0.4, 0.5) is 5.69 Å². The molecule has 1 heterocycles. The van der Waals surface area contributed by atoms with Gasteiger partial charge in [0.25, 0.3) is 5.91 Å². The Kier molecular flexibility index (Phi) is 5.00. The quantitative estimate of drug-likeness (QED) is 0.738. The van der Waals surface area contributed by atoms with Gasteiger partial charge in [0.2, 0.25) is 0 Å². The van der Waals surface area contributed by atoms with Gasteiger partial charge in [0.15, 0.2) is 0 Å². The third-order valence-electron chi connectivity index (χ3n) is 3.71. The van der Waals surface area contributed by atoms with Gasteiger partial charge < -0.3 is 14.8 Å². The molecular weight excluding hydrogens is 336 g/mol. The first-order valence-electron chi connectivity index (χ1n) is 7.67. The minimum Gasteiger partial charge on any atom is -0.496 e. The fourth-order valence-electron chi connectivity index (χ4n) is 2.49. The zero-order valence-corrected chi connectivity index (χ0v) is 15.0. The minimum absolute atomic E-state index is 0.286. The van der Waals surface area contributed by atoms with Crippen LogP contribution in [0.2, 0.25) is 0 Å². The molecule has 0 aliphatic carbocycles. The van der Waals surface area contributed by atoms with Gasteiger partial charge in [-0.3, -0.25) is 4.79 Å². The number of hydrogen-bond donors (Lipinski definition) is 1. The molecule has 3 aromatic rings. The largest absolute Gasteiger partial charge is 0.496 e. The van der Waals surface area contributed by atoms with Gasteiger partial charge >= 0.3 is 0 Å². The number of methoxy groups -OCH3 is 2. The molecule has 1 amide bonds. The lowest BCUT2D eigenvalue weighted by Gasteiger charge is -2.13. The fraction of sp³-hybridized carbons (Fsp3) is 0.158. The van der Waals surface area contributed by atoms with Crippen LogP contribution in [0.1, 0.15) is 15.4 Å². The highest BCUT2D eigenvalue weighted by Crippen LogP contribution is 2.29. The van der Waals surface area contributed by atoms with Crippen molar-refractivity contribution in [2.75, 3.05) is 19.5 Å². The van der Waals surface area contributed by atoms with Crippen LogP contribution in [0, 0.1) is 6.92 Å². The fourth-order valence-corrected chi connectivity index (χ4v) is 3.11. The molecule has 0 bridgehead atoms. The van der Waals surface area contributed by atoms with E-state index in [9.17, 15) is 4.79 Å². The van der Waals surface area contributed by atoms with Gasteiger partial charge in [-0.15, -0.1) is 11.3 Å². The Balaban J connectivity index is 1.82. The summed E-state index contributed by atoms with van der Waals surface area (Å²) in [5, 5.41) is 5.92. The Morgan fingerprint density at radius 3 is 2.20 bits per heavy atom. The van der Waals surface area contributed by atoms with E-state index in [-0.39, 0.29) is 5.91 Å². The number of anilines is 1. The molecule has 1 N–H and O–H groups in total. The third-order valence-corrected chi connectivity index (χ3v) is 4.49. The highest BCUT2D eigenvalue weighted by molar-refractivity contribution is 7.09. The summed E-state index contributed by atoms with van der Waals surface area (Å²) in [5.74, 6) is 0.643. The molecule has 5 nitrogen and oxygen atoms in total. The van der Waals surface area contributed by atoms with Crippen molar-refractivity contribution in [1.29, 1.82) is 0 Å². The standard InChI is InChI=1S/C19H18N2O3S/c1-12-20-15(11-25-12)13-7-9-14(10-8-13)21-19(22)18-16(23-2)5-4-6-17(18)24-3/h4-11H,1-3H3,(H,21,22). The van der Waals surface area contributed by atoms with Gasteiger partial charge in [-0.2, -0.15) is 0 Å². The lowest BCUT2D eigenvalue weighted by Crippen LogP contribution is -2.14. The van der Waals surface area contributed by atoms with E-state index in [1.165, 1.54) is 14.2 Å². The first kappa shape index (κ1) is 17.0. The third kappa shape index (κ3) is 3.64. The number of amides is 1. The highest BCUT2D eigenvalue weighted by Gasteiger charge is 2.18. The van der Waals surface area contributed by atoms with E-state index in [0.29, 0.717) is 22.7 Å². The Labute approximate surface area is 150 Å². The number of nitrogens with zero attached hydrogens (tertiary/aromatic N) is 1. The highest BCUT2D eigenvalue weighted by atomic mass is 32.1. The first-order chi connectivity index (χ1) is 12.1. The molecule has 1 aromatic heterocycles. The number of ether oxygens (including phenoxy) is 2. The SMILES string of the molecule is COc1cccc(OC)c1C(=O)Nc1ccc(-c2csc(C)n2)cc1. The zero-order valence-electron chi connectivity index (χ0n) is 14.2. The topological polar surface area (TPSA) is 60.5 Å². The van der Waals surface area contributed by atoms with Crippen LogP contribution in [0.15, 0.2) is 47.8 Å². The van der Waals surface area contributed by atoms with Crippen LogP contribution < -0.4 is 14.8 Å². The number of aryl methyl sites for hydroxylation is 1. The monoisotopic (exact) mass is 354 g/mol. The average Bonchev–Trinajstić information content (AvgIpc) is 3.07. The minimum atomic E-state index is -0.286. The summed E-state index contributed by atoms with van der Waals surface area (Å²) in [4.78, 5) is 17.1. The molecular formula is C19H18N2O3S. The normalized spacial score (nSPS) is 10.4. The molecule has 0 spiro atoms. The van der Waals surface area contributed by atoms with Crippen molar-refractivity contribution in [3.8, 4) is 22.8 Å². The Morgan fingerprint density at radius 1 is 1.04 bits per heavy atom. The molecule has 3 rings (SSSR count). The first-order valence-corrected chi connectivity index (χ1v) is 8.55. The molecule has 6 heteroatoms. The van der Waals surface area contributed by atoms with E-state index in [4.69, 9.17) is 9.47 Å². The van der Waals surface area contributed by atoms with E-state index in [0.717, 1.165) is 16.3 Å². The van der Waals surface area contributed by atoms with E-state index >= 15 is 0 Å². The maximum Gasteiger partial charge on any atom is 0.263 e. The van der Waals surface area contributed by atoms with E-state index in [2.05, 4.69) is 10.3 Å². The summed E-state index contributed by atoms with van der Waals surface area (Å²) in [5.41, 5.74) is 3.00. The molecule has 0 radical (unpaired) electrons. The summed E-state index contributed by atoms with van der Waals surface area (Å²) in [6.07, 6.45) is 0. The zero-order chi connectivity index (χ0) is 17.8. The van der Waals surface area contributed by atoms with Crippen LogP contribution in [0.25, 0.3) is 11.3 Å². The molecule has 128 valence electrons. The van der Waals surface area contributed by atoms with E-state index in [1.807, 2.05) is 36.6 Å². The van der Waals surface area contributed by atoms with Crippen LogP contribution >= 0.6 is 11.3 Å². The van der Waals surface area contributed by atoms with Crippen LogP contribution in [0.3, 0.4) is 0 Å². The Morgan fingerprint density at radius 2 is 1.68 bits per heavy atom. The van der Waals surface area contributed by atoms with Crippen LogP contribution in [-0.2, 0) is 0 Å². The van der Waals surface area contributed by atoms with Gasteiger partial charge in [-0.05, 0) is 31.2 Å². The van der Waals surface area contributed by atoms with Gasteiger partial charge in [-0.1, -0.05) is 18.2 Å². The molecule has 25 heavy (non-hydrogen) atoms. The molecule has 0 saturated heterocycles. The molecule has 2 aromatic carbocycles. The van der Waals surface area contributed by atoms with Crippen LogP contribution in [-0.4, -0.2) is 25.1 Å². The van der Waals surface area contributed by atoms with Gasteiger partial charge in [-0.25, -0.2) is 4.98 Å². The van der Waals surface area contributed by atoms with Crippen molar-refractivity contribution in [1.82, 2.24) is 4.98 Å². The lowest BCUT2D eigenvalue weighted by molar-refractivity contribution is 0.102. The van der Waals surface area contributed by atoms with Crippen molar-refractivity contribution < 1.29 is 14.3 Å². The Bertz CT molecular complexity index is 866. The number of rotatable bonds is 5. The number of carbonyl (C=O) groups excluding carboxylic acids is 1. The predicted molar refractivity (Wildman–Crippen MR) is 99.8 cm³/mol. The summed E-state index contributed by atoms with van der Waals surface area (Å²) < 4.78 is 10.6. The molecule has 0 unspecified atom stereocenters. The lowest BCUT2D eigenvalue weighted by atomic mass is 10.1. The summed E-state index contributed by atoms with van der Waals surface area (Å²) in [6, 6.07) is 12.8. The van der Waals surface area contributed by atoms with Crippen molar-refractivity contribution in [3.05, 3.63) is 58.4 Å².